The van der Waals surface area contributed by atoms with Crippen molar-refractivity contribution in [1.29, 1.82) is 0 Å². The average molecular weight is 378 g/mol. The Morgan fingerprint density at radius 2 is 1.58 bits per heavy atom. The van der Waals surface area contributed by atoms with Crippen molar-refractivity contribution in [2.24, 2.45) is 0 Å². The lowest BCUT2D eigenvalue weighted by atomic mass is 10.0. The van der Waals surface area contributed by atoms with Crippen molar-refractivity contribution < 1.29 is 22.8 Å². The number of hydrogen-bond donors (Lipinski definition) is 2. The monoisotopic (exact) mass is 378 g/mol. The van der Waals surface area contributed by atoms with Gasteiger partial charge in [-0.15, -0.1) is 0 Å². The summed E-state index contributed by atoms with van der Waals surface area (Å²) < 4.78 is 37.0. The minimum absolute atomic E-state index is 0.178. The van der Waals surface area contributed by atoms with E-state index in [1.807, 2.05) is 0 Å². The molecule has 26 heavy (non-hydrogen) atoms. The van der Waals surface area contributed by atoms with E-state index in [1.165, 1.54) is 49.9 Å². The Hall–Kier alpha value is -2.05. The molecule has 0 aliphatic rings. The van der Waals surface area contributed by atoms with Crippen LogP contribution in [-0.2, 0) is 16.5 Å². The van der Waals surface area contributed by atoms with Crippen LogP contribution in [0.1, 0.15) is 51.0 Å². The normalized spacial score (nSPS) is 11.5. The Kier molecular flexibility index (Phi) is 7.48. The van der Waals surface area contributed by atoms with Gasteiger partial charge in [-0.05, 0) is 60.9 Å². The Bertz CT molecular complexity index is 797. The fourth-order valence-electron chi connectivity index (χ4n) is 2.76. The average Bonchev–Trinajstić information content (AvgIpc) is 2.60. The van der Waals surface area contributed by atoms with Crippen LogP contribution in [0.4, 0.5) is 0 Å². The summed E-state index contributed by atoms with van der Waals surface area (Å²) in [6, 6.07) is 10.5. The highest BCUT2D eigenvalue weighted by molar-refractivity contribution is 7.85. The number of ether oxygens (including phenoxy) is 1. The lowest BCUT2D eigenvalue weighted by molar-refractivity contribution is 0.457. The SMILES string of the molecule is CCCCCCCCc1cc(O)ccc1Oc1ccc(S(=O)(=O)O)cc1. The van der Waals surface area contributed by atoms with E-state index in [2.05, 4.69) is 6.92 Å². The fraction of sp³-hybridized carbons (Fsp3) is 0.400. The molecule has 0 spiro atoms. The zero-order valence-corrected chi connectivity index (χ0v) is 15.8. The van der Waals surface area contributed by atoms with E-state index in [1.54, 1.807) is 18.2 Å². The van der Waals surface area contributed by atoms with Gasteiger partial charge in [-0.3, -0.25) is 4.55 Å². The number of phenols is 1. The Morgan fingerprint density at radius 3 is 2.23 bits per heavy atom. The van der Waals surface area contributed by atoms with Crippen LogP contribution in [0.2, 0.25) is 0 Å². The smallest absolute Gasteiger partial charge is 0.294 e. The van der Waals surface area contributed by atoms with Gasteiger partial charge < -0.3 is 9.84 Å². The molecule has 2 N–H and O–H groups in total. The number of rotatable bonds is 10. The molecule has 0 amide bonds. The second-order valence-electron chi connectivity index (χ2n) is 6.36. The lowest BCUT2D eigenvalue weighted by Gasteiger charge is -2.12. The Labute approximate surface area is 155 Å². The van der Waals surface area contributed by atoms with Crippen LogP contribution in [0.5, 0.6) is 17.2 Å². The first kappa shape index (κ1) is 20.3. The maximum absolute atomic E-state index is 11.1. The minimum atomic E-state index is -4.22. The number of benzene rings is 2. The molecule has 6 heteroatoms. The molecular weight excluding hydrogens is 352 g/mol. The fourth-order valence-corrected chi connectivity index (χ4v) is 3.24. The molecular formula is C20H26O5S. The van der Waals surface area contributed by atoms with E-state index in [-0.39, 0.29) is 10.6 Å². The van der Waals surface area contributed by atoms with Crippen molar-refractivity contribution in [3.8, 4) is 17.2 Å². The minimum Gasteiger partial charge on any atom is -0.508 e. The van der Waals surface area contributed by atoms with Crippen molar-refractivity contribution in [2.75, 3.05) is 0 Å². The van der Waals surface area contributed by atoms with Crippen LogP contribution in [0, 0.1) is 0 Å². The Balaban J connectivity index is 2.02. The van der Waals surface area contributed by atoms with Crippen LogP contribution < -0.4 is 4.74 Å². The van der Waals surface area contributed by atoms with Crippen LogP contribution in [0.25, 0.3) is 0 Å². The Morgan fingerprint density at radius 1 is 0.923 bits per heavy atom. The van der Waals surface area contributed by atoms with Gasteiger partial charge in [-0.2, -0.15) is 8.42 Å². The number of unbranched alkanes of at least 4 members (excludes halogenated alkanes) is 5. The molecule has 0 unspecified atom stereocenters. The van der Waals surface area contributed by atoms with E-state index < -0.39 is 10.1 Å². The van der Waals surface area contributed by atoms with Crippen molar-refractivity contribution >= 4 is 10.1 Å². The largest absolute Gasteiger partial charge is 0.508 e. The summed E-state index contributed by atoms with van der Waals surface area (Å²) in [6.07, 6.45) is 7.91. The summed E-state index contributed by atoms with van der Waals surface area (Å²) >= 11 is 0. The van der Waals surface area contributed by atoms with Gasteiger partial charge in [-0.1, -0.05) is 39.0 Å². The van der Waals surface area contributed by atoms with Gasteiger partial charge in [0.05, 0.1) is 4.90 Å². The quantitative estimate of drug-likeness (QED) is 0.431. The first-order chi connectivity index (χ1) is 12.4. The van der Waals surface area contributed by atoms with Crippen molar-refractivity contribution in [2.45, 2.75) is 56.8 Å². The number of phenolic OH excluding ortho intramolecular Hbond substituents is 1. The molecule has 142 valence electrons. The van der Waals surface area contributed by atoms with E-state index in [0.717, 1.165) is 24.8 Å². The predicted octanol–water partition coefficient (Wildman–Crippen LogP) is 5.33. The van der Waals surface area contributed by atoms with Gasteiger partial charge in [0.2, 0.25) is 0 Å². The second-order valence-corrected chi connectivity index (χ2v) is 7.78. The highest BCUT2D eigenvalue weighted by Gasteiger charge is 2.10. The molecule has 0 aliphatic carbocycles. The van der Waals surface area contributed by atoms with E-state index in [0.29, 0.717) is 11.5 Å². The number of aromatic hydroxyl groups is 1. The van der Waals surface area contributed by atoms with Crippen LogP contribution in [0.3, 0.4) is 0 Å². The zero-order valence-electron chi connectivity index (χ0n) is 15.0. The third kappa shape index (κ3) is 6.35. The first-order valence-electron chi connectivity index (χ1n) is 8.97. The third-order valence-corrected chi connectivity index (χ3v) is 5.06. The molecule has 0 bridgehead atoms. The molecule has 0 radical (unpaired) electrons. The zero-order chi connectivity index (χ0) is 19.0. The summed E-state index contributed by atoms with van der Waals surface area (Å²) in [6.45, 7) is 2.19. The number of aryl methyl sites for hydroxylation is 1. The van der Waals surface area contributed by atoms with Gasteiger partial charge in [-0.25, -0.2) is 0 Å². The van der Waals surface area contributed by atoms with E-state index >= 15 is 0 Å². The molecule has 0 saturated heterocycles. The predicted molar refractivity (Wildman–Crippen MR) is 102 cm³/mol. The standard InChI is InChI=1S/C20H26O5S/c1-2-3-4-5-6-7-8-16-15-17(21)9-14-20(16)25-18-10-12-19(13-11-18)26(22,23)24/h9-15,21H,2-8H2,1H3,(H,22,23,24). The molecule has 0 heterocycles. The second kappa shape index (κ2) is 9.59. The van der Waals surface area contributed by atoms with Crippen LogP contribution in [-0.4, -0.2) is 18.1 Å². The molecule has 0 fully saturated rings. The van der Waals surface area contributed by atoms with Gasteiger partial charge in [0.1, 0.15) is 17.2 Å². The van der Waals surface area contributed by atoms with Gasteiger partial charge >= 0.3 is 0 Å². The van der Waals surface area contributed by atoms with E-state index in [9.17, 15) is 13.5 Å². The van der Waals surface area contributed by atoms with E-state index in [4.69, 9.17) is 9.29 Å². The van der Waals surface area contributed by atoms with Crippen molar-refractivity contribution in [3.05, 3.63) is 48.0 Å². The molecule has 0 aliphatic heterocycles. The molecule has 2 aromatic rings. The topological polar surface area (TPSA) is 83.8 Å². The molecule has 0 aromatic heterocycles. The lowest BCUT2D eigenvalue weighted by Crippen LogP contribution is -1.98. The summed E-state index contributed by atoms with van der Waals surface area (Å²) in [5.74, 6) is 1.29. The molecule has 5 nitrogen and oxygen atoms in total. The molecule has 0 atom stereocenters. The molecule has 2 aromatic carbocycles. The maximum atomic E-state index is 11.1. The van der Waals surface area contributed by atoms with Crippen LogP contribution >= 0.6 is 0 Å². The summed E-state index contributed by atoms with van der Waals surface area (Å²) in [4.78, 5) is -0.178. The van der Waals surface area contributed by atoms with Gasteiger partial charge in [0, 0.05) is 0 Å². The molecule has 0 saturated carbocycles. The highest BCUT2D eigenvalue weighted by atomic mass is 32.2. The summed E-state index contributed by atoms with van der Waals surface area (Å²) in [5, 5.41) is 9.75. The highest BCUT2D eigenvalue weighted by Crippen LogP contribution is 2.30. The summed E-state index contributed by atoms with van der Waals surface area (Å²) in [5.41, 5.74) is 0.916. The first-order valence-corrected chi connectivity index (χ1v) is 10.4. The molecule has 2 rings (SSSR count). The van der Waals surface area contributed by atoms with Crippen molar-refractivity contribution in [1.82, 2.24) is 0 Å². The van der Waals surface area contributed by atoms with Crippen molar-refractivity contribution in [3.63, 3.8) is 0 Å². The van der Waals surface area contributed by atoms with Gasteiger partial charge in [0.25, 0.3) is 10.1 Å². The third-order valence-electron chi connectivity index (χ3n) is 4.19. The summed E-state index contributed by atoms with van der Waals surface area (Å²) in [7, 11) is -4.22. The van der Waals surface area contributed by atoms with Gasteiger partial charge in [0.15, 0.2) is 0 Å². The van der Waals surface area contributed by atoms with Crippen LogP contribution in [0.15, 0.2) is 47.4 Å². The number of hydrogen-bond acceptors (Lipinski definition) is 4. The maximum Gasteiger partial charge on any atom is 0.294 e.